The molecule has 0 bridgehead atoms. The van der Waals surface area contributed by atoms with Gasteiger partial charge >= 0.3 is 5.97 Å². The molecule has 2 N–H and O–H groups in total. The van der Waals surface area contributed by atoms with Crippen molar-refractivity contribution in [3.05, 3.63) is 18.2 Å². The zero-order chi connectivity index (χ0) is 14.0. The highest BCUT2D eigenvalue weighted by Gasteiger charge is 2.29. The van der Waals surface area contributed by atoms with Crippen molar-refractivity contribution in [3.8, 4) is 0 Å². The molecule has 1 aromatic rings. The Kier molecular flexibility index (Phi) is 3.94. The third kappa shape index (κ3) is 3.80. The number of aromatic nitrogens is 2. The molecular weight excluding hydrogens is 242 g/mol. The summed E-state index contributed by atoms with van der Waals surface area (Å²) < 4.78 is 7.57. The van der Waals surface area contributed by atoms with Crippen LogP contribution in [0, 0.1) is 5.92 Å². The highest BCUT2D eigenvalue weighted by Crippen LogP contribution is 2.36. The predicted molar refractivity (Wildman–Crippen MR) is 72.6 cm³/mol. The fourth-order valence-corrected chi connectivity index (χ4v) is 2.07. The van der Waals surface area contributed by atoms with Crippen molar-refractivity contribution < 1.29 is 9.53 Å². The molecule has 1 unspecified atom stereocenters. The van der Waals surface area contributed by atoms with Gasteiger partial charge in [0.1, 0.15) is 5.60 Å². The summed E-state index contributed by atoms with van der Waals surface area (Å²) in [7, 11) is 0. The Morgan fingerprint density at radius 2 is 2.26 bits per heavy atom. The maximum Gasteiger partial charge on any atom is 0.311 e. The second-order valence-corrected chi connectivity index (χ2v) is 6.19. The van der Waals surface area contributed by atoms with Gasteiger partial charge in [-0.1, -0.05) is 0 Å². The van der Waals surface area contributed by atoms with Gasteiger partial charge in [0.15, 0.2) is 0 Å². The molecule has 2 rings (SSSR count). The number of rotatable bonds is 5. The second-order valence-electron chi connectivity index (χ2n) is 6.19. The van der Waals surface area contributed by atoms with Crippen LogP contribution in [0.5, 0.6) is 0 Å². The van der Waals surface area contributed by atoms with Crippen molar-refractivity contribution in [1.82, 2.24) is 9.55 Å². The first-order valence-electron chi connectivity index (χ1n) is 6.84. The van der Waals surface area contributed by atoms with Crippen LogP contribution >= 0.6 is 0 Å². The van der Waals surface area contributed by atoms with E-state index in [0.29, 0.717) is 19.0 Å². The van der Waals surface area contributed by atoms with Gasteiger partial charge in [0.05, 0.1) is 12.2 Å². The van der Waals surface area contributed by atoms with E-state index in [1.165, 1.54) is 12.8 Å². The van der Waals surface area contributed by atoms with Crippen molar-refractivity contribution in [2.75, 3.05) is 6.54 Å². The lowest BCUT2D eigenvalue weighted by molar-refractivity contribution is -0.159. The van der Waals surface area contributed by atoms with Crippen LogP contribution in [0.3, 0.4) is 0 Å². The van der Waals surface area contributed by atoms with Crippen molar-refractivity contribution in [2.45, 2.75) is 51.7 Å². The first-order valence-corrected chi connectivity index (χ1v) is 6.84. The fraction of sp³-hybridized carbons (Fsp3) is 0.714. The Morgan fingerprint density at radius 3 is 2.79 bits per heavy atom. The first-order chi connectivity index (χ1) is 8.90. The molecule has 1 fully saturated rings. The number of nitrogens with zero attached hydrogens (tertiary/aromatic N) is 2. The van der Waals surface area contributed by atoms with E-state index >= 15 is 0 Å². The number of esters is 1. The molecule has 5 heteroatoms. The lowest BCUT2D eigenvalue weighted by Gasteiger charge is -2.23. The minimum absolute atomic E-state index is 0.224. The third-order valence-electron chi connectivity index (χ3n) is 3.17. The zero-order valence-corrected chi connectivity index (χ0v) is 11.9. The van der Waals surface area contributed by atoms with E-state index in [9.17, 15) is 4.79 Å². The van der Waals surface area contributed by atoms with Crippen LogP contribution in [0.1, 0.15) is 45.3 Å². The summed E-state index contributed by atoms with van der Waals surface area (Å²) >= 11 is 0. The van der Waals surface area contributed by atoms with Crippen LogP contribution in [0.25, 0.3) is 0 Å². The summed E-state index contributed by atoms with van der Waals surface area (Å²) in [6, 6.07) is 0.564. The highest BCUT2D eigenvalue weighted by molar-refractivity contribution is 5.73. The van der Waals surface area contributed by atoms with Crippen LogP contribution in [0.15, 0.2) is 12.5 Å². The number of hydrogen-bond acceptors (Lipinski definition) is 4. The fourth-order valence-electron chi connectivity index (χ4n) is 2.07. The maximum absolute atomic E-state index is 12.1. The molecule has 0 aromatic carbocycles. The molecule has 0 amide bonds. The van der Waals surface area contributed by atoms with Crippen LogP contribution in [-0.4, -0.2) is 27.7 Å². The van der Waals surface area contributed by atoms with E-state index in [4.69, 9.17) is 10.5 Å². The average Bonchev–Trinajstić information content (AvgIpc) is 3.04. The van der Waals surface area contributed by atoms with Crippen LogP contribution in [-0.2, 0) is 16.0 Å². The van der Waals surface area contributed by atoms with Gasteiger partial charge < -0.3 is 15.0 Å². The van der Waals surface area contributed by atoms with Gasteiger partial charge in [-0.3, -0.25) is 4.79 Å². The molecule has 0 spiro atoms. The number of nitrogens with two attached hydrogens (primary N) is 1. The lowest BCUT2D eigenvalue weighted by atomic mass is 10.0. The van der Waals surface area contributed by atoms with Crippen molar-refractivity contribution in [3.63, 3.8) is 0 Å². The van der Waals surface area contributed by atoms with Crippen molar-refractivity contribution in [2.24, 2.45) is 11.7 Å². The van der Waals surface area contributed by atoms with E-state index < -0.39 is 5.60 Å². The zero-order valence-electron chi connectivity index (χ0n) is 11.9. The van der Waals surface area contributed by atoms with E-state index in [1.54, 1.807) is 0 Å². The summed E-state index contributed by atoms with van der Waals surface area (Å²) in [4.78, 5) is 16.3. The minimum atomic E-state index is -0.471. The molecule has 1 aromatic heterocycles. The van der Waals surface area contributed by atoms with Gasteiger partial charge in [0, 0.05) is 30.9 Å². The highest BCUT2D eigenvalue weighted by atomic mass is 16.6. The van der Waals surface area contributed by atoms with Gasteiger partial charge in [-0.2, -0.15) is 0 Å². The molecule has 0 aliphatic heterocycles. The summed E-state index contributed by atoms with van der Waals surface area (Å²) in [6.45, 7) is 5.90. The van der Waals surface area contributed by atoms with Crippen molar-refractivity contribution in [1.29, 1.82) is 0 Å². The van der Waals surface area contributed by atoms with Gasteiger partial charge in [0.25, 0.3) is 0 Å². The predicted octanol–water partition coefficient (Wildman–Crippen LogP) is 1.68. The van der Waals surface area contributed by atoms with Gasteiger partial charge in [0.2, 0.25) is 0 Å². The Morgan fingerprint density at radius 1 is 1.58 bits per heavy atom. The molecule has 0 saturated heterocycles. The summed E-state index contributed by atoms with van der Waals surface area (Å²) in [5, 5.41) is 0. The number of carbonyl (C=O) groups excluding carboxylic acids is 1. The number of imidazole rings is 1. The number of ether oxygens (including phenoxy) is 1. The SMILES string of the molecule is CC(C)(C)OC(=O)C(CN)Cc1cncn1C1CC1. The molecule has 19 heavy (non-hydrogen) atoms. The number of carbonyl (C=O) groups is 1. The molecule has 1 atom stereocenters. The van der Waals surface area contributed by atoms with Crippen LogP contribution < -0.4 is 5.73 Å². The Bertz CT molecular complexity index is 444. The topological polar surface area (TPSA) is 70.1 Å². The molecular formula is C14H23N3O2. The largest absolute Gasteiger partial charge is 0.460 e. The van der Waals surface area contributed by atoms with Gasteiger partial charge in [-0.05, 0) is 33.6 Å². The number of hydrogen-bond donors (Lipinski definition) is 1. The molecule has 106 valence electrons. The normalized spacial score (nSPS) is 17.3. The Balaban J connectivity index is 2.02. The van der Waals surface area contributed by atoms with E-state index in [-0.39, 0.29) is 11.9 Å². The lowest BCUT2D eigenvalue weighted by Crippen LogP contribution is -2.34. The quantitative estimate of drug-likeness (QED) is 0.822. The Labute approximate surface area is 114 Å². The third-order valence-corrected chi connectivity index (χ3v) is 3.17. The standard InChI is InChI=1S/C14H23N3O2/c1-14(2,3)19-13(18)10(7-15)6-12-8-16-9-17(12)11-4-5-11/h8-11H,4-7,15H2,1-3H3. The molecule has 1 aliphatic rings. The molecule has 5 nitrogen and oxygen atoms in total. The summed E-state index contributed by atoms with van der Waals surface area (Å²) in [5.41, 5.74) is 6.32. The first kappa shape index (κ1) is 14.1. The molecule has 1 saturated carbocycles. The summed E-state index contributed by atoms with van der Waals surface area (Å²) in [6.07, 6.45) is 6.66. The second kappa shape index (κ2) is 5.33. The van der Waals surface area contributed by atoms with E-state index in [2.05, 4.69) is 9.55 Å². The van der Waals surface area contributed by atoms with Crippen LogP contribution in [0.4, 0.5) is 0 Å². The van der Waals surface area contributed by atoms with Crippen LogP contribution in [0.2, 0.25) is 0 Å². The molecule has 1 heterocycles. The monoisotopic (exact) mass is 265 g/mol. The van der Waals surface area contributed by atoms with Gasteiger partial charge in [-0.15, -0.1) is 0 Å². The Hall–Kier alpha value is -1.36. The maximum atomic E-state index is 12.1. The summed E-state index contributed by atoms with van der Waals surface area (Å²) in [5.74, 6) is -0.521. The average molecular weight is 265 g/mol. The smallest absolute Gasteiger partial charge is 0.311 e. The molecule has 0 radical (unpaired) electrons. The van der Waals surface area contributed by atoms with Crippen molar-refractivity contribution >= 4 is 5.97 Å². The molecule has 1 aliphatic carbocycles. The van der Waals surface area contributed by atoms with E-state index in [1.807, 2.05) is 33.3 Å². The van der Waals surface area contributed by atoms with E-state index in [0.717, 1.165) is 5.69 Å². The minimum Gasteiger partial charge on any atom is -0.460 e. The van der Waals surface area contributed by atoms with Gasteiger partial charge in [-0.25, -0.2) is 4.98 Å².